The number of halogens is 2. The molecule has 3 heterocycles. The maximum atomic E-state index is 13.9. The van der Waals surface area contributed by atoms with E-state index in [4.69, 9.17) is 0 Å². The predicted octanol–water partition coefficient (Wildman–Crippen LogP) is 3.16. The first kappa shape index (κ1) is 17.9. The molecule has 3 aromatic rings. The number of H-pyrrole nitrogens is 1. The molecule has 0 aliphatic carbocycles. The molecule has 1 aliphatic heterocycles. The first-order valence-electron chi connectivity index (χ1n) is 9.24. The summed E-state index contributed by atoms with van der Waals surface area (Å²) in [4.78, 5) is 19.2. The van der Waals surface area contributed by atoms with Gasteiger partial charge in [0, 0.05) is 47.6 Å². The van der Waals surface area contributed by atoms with Crippen molar-refractivity contribution in [3.63, 3.8) is 0 Å². The lowest BCUT2D eigenvalue weighted by atomic mass is 10.1. The van der Waals surface area contributed by atoms with Crippen LogP contribution >= 0.6 is 0 Å². The fraction of sp³-hybridized carbons (Fsp3) is 0.400. The SMILES string of the molecule is CCc1c(C)nc2cc([C@@H]3CCN(Cc4cccc(F)c4F)C3)[nH]n2c1=O. The molecule has 5 nitrogen and oxygen atoms in total. The lowest BCUT2D eigenvalue weighted by molar-refractivity contribution is 0.318. The molecule has 0 unspecified atom stereocenters. The topological polar surface area (TPSA) is 53.4 Å². The summed E-state index contributed by atoms with van der Waals surface area (Å²) in [6.07, 6.45) is 1.53. The third kappa shape index (κ3) is 3.16. The lowest BCUT2D eigenvalue weighted by Crippen LogP contribution is -2.22. The van der Waals surface area contributed by atoms with Gasteiger partial charge in [0.15, 0.2) is 17.3 Å². The number of likely N-dealkylation sites (tertiary alicyclic amines) is 1. The summed E-state index contributed by atoms with van der Waals surface area (Å²) in [5.74, 6) is -1.38. The van der Waals surface area contributed by atoms with Crippen LogP contribution in [0, 0.1) is 18.6 Å². The Kier molecular flexibility index (Phi) is 4.55. The monoisotopic (exact) mass is 372 g/mol. The van der Waals surface area contributed by atoms with Crippen molar-refractivity contribution in [2.45, 2.75) is 39.2 Å². The molecule has 1 fully saturated rings. The Balaban J connectivity index is 1.56. The Bertz CT molecular complexity index is 1060. The molecule has 0 saturated carbocycles. The van der Waals surface area contributed by atoms with E-state index in [1.807, 2.05) is 19.9 Å². The average molecular weight is 372 g/mol. The van der Waals surface area contributed by atoms with Crippen LogP contribution in [-0.4, -0.2) is 32.6 Å². The van der Waals surface area contributed by atoms with Gasteiger partial charge in [0.2, 0.25) is 0 Å². The van der Waals surface area contributed by atoms with Crippen molar-refractivity contribution in [3.05, 3.63) is 68.8 Å². The molecule has 27 heavy (non-hydrogen) atoms. The van der Waals surface area contributed by atoms with Crippen LogP contribution in [0.1, 0.15) is 41.8 Å². The van der Waals surface area contributed by atoms with E-state index < -0.39 is 11.6 Å². The van der Waals surface area contributed by atoms with E-state index in [-0.39, 0.29) is 11.5 Å². The van der Waals surface area contributed by atoms with Crippen LogP contribution < -0.4 is 5.56 Å². The van der Waals surface area contributed by atoms with Crippen LogP contribution in [-0.2, 0) is 13.0 Å². The number of aryl methyl sites for hydroxylation is 1. The highest BCUT2D eigenvalue weighted by atomic mass is 19.2. The van der Waals surface area contributed by atoms with Crippen molar-refractivity contribution >= 4 is 5.65 Å². The van der Waals surface area contributed by atoms with Gasteiger partial charge in [-0.15, -0.1) is 0 Å². The van der Waals surface area contributed by atoms with Gasteiger partial charge in [0.05, 0.1) is 0 Å². The fourth-order valence-electron chi connectivity index (χ4n) is 3.95. The Morgan fingerprint density at radius 2 is 2.15 bits per heavy atom. The Morgan fingerprint density at radius 1 is 1.33 bits per heavy atom. The van der Waals surface area contributed by atoms with Crippen molar-refractivity contribution in [1.29, 1.82) is 0 Å². The summed E-state index contributed by atoms with van der Waals surface area (Å²) in [5, 5.41) is 3.19. The van der Waals surface area contributed by atoms with E-state index in [1.165, 1.54) is 10.6 Å². The first-order valence-corrected chi connectivity index (χ1v) is 9.24. The zero-order chi connectivity index (χ0) is 19.1. The van der Waals surface area contributed by atoms with Crippen molar-refractivity contribution in [3.8, 4) is 0 Å². The lowest BCUT2D eigenvalue weighted by Gasteiger charge is -2.16. The highest BCUT2D eigenvalue weighted by Gasteiger charge is 2.27. The molecule has 1 aliphatic rings. The molecule has 0 bridgehead atoms. The predicted molar refractivity (Wildman–Crippen MR) is 98.9 cm³/mol. The van der Waals surface area contributed by atoms with E-state index in [0.717, 1.165) is 42.5 Å². The number of fused-ring (bicyclic) bond motifs is 1. The van der Waals surface area contributed by atoms with Gasteiger partial charge < -0.3 is 0 Å². The molecule has 0 spiro atoms. The maximum absolute atomic E-state index is 13.9. The van der Waals surface area contributed by atoms with Gasteiger partial charge in [0.25, 0.3) is 5.56 Å². The number of benzene rings is 1. The number of hydrogen-bond donors (Lipinski definition) is 1. The van der Waals surface area contributed by atoms with Gasteiger partial charge in [0.1, 0.15) is 0 Å². The van der Waals surface area contributed by atoms with Crippen molar-refractivity contribution in [2.24, 2.45) is 0 Å². The first-order chi connectivity index (χ1) is 13.0. The Hall–Kier alpha value is -2.54. The van der Waals surface area contributed by atoms with Gasteiger partial charge in [-0.05, 0) is 32.4 Å². The summed E-state index contributed by atoms with van der Waals surface area (Å²) in [6.45, 7) is 5.69. The number of aromatic nitrogens is 3. The highest BCUT2D eigenvalue weighted by molar-refractivity contribution is 5.42. The standard InChI is InChI=1S/C20H22F2N4O/c1-3-15-12(2)23-18-9-17(24-26(18)20(15)27)13-7-8-25(10-13)11-14-5-4-6-16(21)19(14)22/h4-6,9,13,24H,3,7-8,10-11H2,1-2H3/t13-/m1/s1. The molecule has 1 aromatic carbocycles. The molecule has 7 heteroatoms. The third-order valence-electron chi connectivity index (χ3n) is 5.43. The normalized spacial score (nSPS) is 17.9. The molecule has 1 N–H and O–H groups in total. The quantitative estimate of drug-likeness (QED) is 0.765. The summed E-state index contributed by atoms with van der Waals surface area (Å²) < 4.78 is 28.8. The number of hydrogen-bond acceptors (Lipinski definition) is 3. The zero-order valence-corrected chi connectivity index (χ0v) is 15.4. The Morgan fingerprint density at radius 3 is 2.93 bits per heavy atom. The number of rotatable bonds is 4. The largest absolute Gasteiger partial charge is 0.298 e. The van der Waals surface area contributed by atoms with Crippen LogP contribution in [0.3, 0.4) is 0 Å². The van der Waals surface area contributed by atoms with Gasteiger partial charge >= 0.3 is 0 Å². The van der Waals surface area contributed by atoms with E-state index in [1.54, 1.807) is 6.07 Å². The van der Waals surface area contributed by atoms with Crippen LogP contribution in [0.25, 0.3) is 5.65 Å². The Labute approximate surface area is 155 Å². The van der Waals surface area contributed by atoms with Gasteiger partial charge in [-0.25, -0.2) is 18.3 Å². The van der Waals surface area contributed by atoms with E-state index in [0.29, 0.717) is 24.2 Å². The summed E-state index contributed by atoms with van der Waals surface area (Å²) in [7, 11) is 0. The molecular formula is C20H22F2N4O. The van der Waals surface area contributed by atoms with Crippen LogP contribution in [0.5, 0.6) is 0 Å². The second kappa shape index (κ2) is 6.88. The second-order valence-corrected chi connectivity index (χ2v) is 7.17. The minimum atomic E-state index is -0.814. The summed E-state index contributed by atoms with van der Waals surface area (Å²) in [6, 6.07) is 6.20. The van der Waals surface area contributed by atoms with Gasteiger partial charge in [-0.3, -0.25) is 14.8 Å². The van der Waals surface area contributed by atoms with Crippen LogP contribution in [0.15, 0.2) is 29.1 Å². The minimum absolute atomic E-state index is 0.0528. The van der Waals surface area contributed by atoms with Crippen molar-refractivity contribution < 1.29 is 8.78 Å². The molecular weight excluding hydrogens is 350 g/mol. The smallest absolute Gasteiger partial charge is 0.276 e. The summed E-state index contributed by atoms with van der Waals surface area (Å²) >= 11 is 0. The molecule has 142 valence electrons. The van der Waals surface area contributed by atoms with E-state index in [2.05, 4.69) is 15.0 Å². The van der Waals surface area contributed by atoms with Gasteiger partial charge in [-0.1, -0.05) is 19.1 Å². The zero-order valence-electron chi connectivity index (χ0n) is 15.4. The molecule has 0 amide bonds. The molecule has 2 aromatic heterocycles. The fourth-order valence-corrected chi connectivity index (χ4v) is 3.95. The molecule has 0 radical (unpaired) electrons. The third-order valence-corrected chi connectivity index (χ3v) is 5.43. The number of nitrogens with zero attached hydrogens (tertiary/aromatic N) is 3. The number of aromatic amines is 1. The van der Waals surface area contributed by atoms with Crippen LogP contribution in [0.4, 0.5) is 8.78 Å². The van der Waals surface area contributed by atoms with E-state index >= 15 is 0 Å². The maximum Gasteiger partial charge on any atom is 0.276 e. The van der Waals surface area contributed by atoms with Gasteiger partial charge in [-0.2, -0.15) is 0 Å². The summed E-state index contributed by atoms with van der Waals surface area (Å²) in [5.41, 5.74) is 3.38. The van der Waals surface area contributed by atoms with E-state index in [9.17, 15) is 13.6 Å². The highest BCUT2D eigenvalue weighted by Crippen LogP contribution is 2.28. The minimum Gasteiger partial charge on any atom is -0.298 e. The van der Waals surface area contributed by atoms with Crippen molar-refractivity contribution in [1.82, 2.24) is 19.5 Å². The van der Waals surface area contributed by atoms with Crippen molar-refractivity contribution in [2.75, 3.05) is 13.1 Å². The average Bonchev–Trinajstić information content (AvgIpc) is 3.26. The van der Waals surface area contributed by atoms with Crippen LogP contribution in [0.2, 0.25) is 0 Å². The molecule has 4 rings (SSSR count). The number of nitrogens with one attached hydrogen (secondary N) is 1. The second-order valence-electron chi connectivity index (χ2n) is 7.17. The molecule has 1 saturated heterocycles. The molecule has 1 atom stereocenters.